The van der Waals surface area contributed by atoms with Crippen LogP contribution in [0.5, 0.6) is 0 Å². The zero-order chi connectivity index (χ0) is 16.4. The summed E-state index contributed by atoms with van der Waals surface area (Å²) in [7, 11) is 0. The molecule has 3 unspecified atom stereocenters. The van der Waals surface area contributed by atoms with E-state index in [1.807, 2.05) is 22.6 Å². The number of hydrogen-bond donors (Lipinski definition) is 5. The van der Waals surface area contributed by atoms with Gasteiger partial charge in [-0.05, 0) is 0 Å². The molecule has 0 aliphatic carbocycles. The molecule has 0 bridgehead atoms. The number of hydrogen-bond acceptors (Lipinski definition) is 7. The van der Waals surface area contributed by atoms with E-state index >= 15 is 0 Å². The van der Waals surface area contributed by atoms with Crippen LogP contribution in [-0.4, -0.2) is 65.4 Å². The lowest BCUT2D eigenvalue weighted by molar-refractivity contribution is -0.0551. The third kappa shape index (κ3) is 3.41. The quantitative estimate of drug-likeness (QED) is 0.257. The minimum Gasteiger partial charge on any atom is -0.394 e. The normalized spacial score (nSPS) is 29.7. The molecule has 0 saturated carbocycles. The van der Waals surface area contributed by atoms with E-state index in [9.17, 15) is 24.9 Å². The Bertz CT molecular complexity index is 631. The summed E-state index contributed by atoms with van der Waals surface area (Å²) in [5, 5.41) is 38.4. The highest BCUT2D eigenvalue weighted by molar-refractivity contribution is 14.1. The third-order valence-corrected chi connectivity index (χ3v) is 4.48. The Labute approximate surface area is 138 Å². The number of halogens is 1. The number of aromatic amines is 1. The zero-order valence-corrected chi connectivity index (χ0v) is 13.6. The van der Waals surface area contributed by atoms with Crippen molar-refractivity contribution in [2.24, 2.45) is 0 Å². The Kier molecular flexibility index (Phi) is 5.74. The van der Waals surface area contributed by atoms with Gasteiger partial charge in [0.05, 0.1) is 12.7 Å². The minimum atomic E-state index is -1.43. The van der Waals surface area contributed by atoms with E-state index in [1.165, 1.54) is 6.20 Å². The standard InChI is InChI=1S/C12H17IN2O7/c13-2-6(17)1-5-3-15(12(21)14-10(5)20)11-9(19)8(18)7(4-16)22-11/h3,6-9,11,16-19H,1-2,4H2,(H,14,20,21)/t6-,7?,8?,9?,11-/m1/s1. The topological polar surface area (TPSA) is 145 Å². The average molecular weight is 428 g/mol. The second-order valence-electron chi connectivity index (χ2n) is 5.06. The molecule has 10 heteroatoms. The van der Waals surface area contributed by atoms with Gasteiger partial charge >= 0.3 is 5.69 Å². The number of aromatic nitrogens is 2. The average Bonchev–Trinajstić information content (AvgIpc) is 2.77. The molecular weight excluding hydrogens is 411 g/mol. The van der Waals surface area contributed by atoms with Gasteiger partial charge in [0.2, 0.25) is 0 Å². The van der Waals surface area contributed by atoms with Crippen LogP contribution in [0.2, 0.25) is 0 Å². The molecule has 2 rings (SSSR count). The molecule has 0 amide bonds. The lowest BCUT2D eigenvalue weighted by atomic mass is 10.1. The first kappa shape index (κ1) is 17.6. The fourth-order valence-electron chi connectivity index (χ4n) is 2.28. The maximum atomic E-state index is 11.9. The van der Waals surface area contributed by atoms with Gasteiger partial charge in [-0.25, -0.2) is 4.79 Å². The summed E-state index contributed by atoms with van der Waals surface area (Å²) in [6.07, 6.45) is -4.56. The number of rotatable bonds is 5. The monoisotopic (exact) mass is 428 g/mol. The number of nitrogens with zero attached hydrogens (tertiary/aromatic N) is 1. The van der Waals surface area contributed by atoms with Crippen molar-refractivity contribution in [1.29, 1.82) is 0 Å². The van der Waals surface area contributed by atoms with Crippen molar-refractivity contribution >= 4 is 22.6 Å². The Hall–Kier alpha value is -0.790. The molecule has 2 heterocycles. The molecule has 1 aromatic heterocycles. The van der Waals surface area contributed by atoms with Crippen molar-refractivity contribution in [2.45, 2.75) is 37.1 Å². The summed E-state index contributed by atoms with van der Waals surface area (Å²) in [4.78, 5) is 25.7. The Morgan fingerprint density at radius 3 is 2.59 bits per heavy atom. The number of H-pyrrole nitrogens is 1. The van der Waals surface area contributed by atoms with E-state index in [-0.39, 0.29) is 12.0 Å². The smallest absolute Gasteiger partial charge is 0.330 e. The van der Waals surface area contributed by atoms with Crippen molar-refractivity contribution in [3.63, 3.8) is 0 Å². The first-order valence-electron chi connectivity index (χ1n) is 6.59. The molecule has 5 atom stereocenters. The van der Waals surface area contributed by atoms with Crippen LogP contribution in [0.1, 0.15) is 11.8 Å². The Morgan fingerprint density at radius 2 is 2.05 bits per heavy atom. The first-order chi connectivity index (χ1) is 10.4. The van der Waals surface area contributed by atoms with Crippen LogP contribution < -0.4 is 11.2 Å². The molecule has 5 N–H and O–H groups in total. The summed E-state index contributed by atoms with van der Waals surface area (Å²) < 4.78 is 6.61. The van der Waals surface area contributed by atoms with Crippen LogP contribution in [-0.2, 0) is 11.2 Å². The van der Waals surface area contributed by atoms with Crippen LogP contribution >= 0.6 is 22.6 Å². The second-order valence-corrected chi connectivity index (χ2v) is 5.94. The molecule has 0 radical (unpaired) electrons. The van der Waals surface area contributed by atoms with Crippen LogP contribution in [0.25, 0.3) is 0 Å². The van der Waals surface area contributed by atoms with Gasteiger partial charge in [-0.2, -0.15) is 0 Å². The molecule has 1 aromatic rings. The van der Waals surface area contributed by atoms with Gasteiger partial charge in [0.1, 0.15) is 18.3 Å². The van der Waals surface area contributed by atoms with Crippen molar-refractivity contribution < 1.29 is 25.2 Å². The number of ether oxygens (including phenoxy) is 1. The van der Waals surface area contributed by atoms with Crippen molar-refractivity contribution in [3.05, 3.63) is 32.6 Å². The number of nitrogens with one attached hydrogen (secondary N) is 1. The zero-order valence-electron chi connectivity index (χ0n) is 11.4. The van der Waals surface area contributed by atoms with E-state index in [1.54, 1.807) is 0 Å². The van der Waals surface area contributed by atoms with Crippen molar-refractivity contribution in [1.82, 2.24) is 9.55 Å². The van der Waals surface area contributed by atoms with Gasteiger partial charge in [-0.3, -0.25) is 14.3 Å². The maximum Gasteiger partial charge on any atom is 0.330 e. The fourth-order valence-corrected chi connectivity index (χ4v) is 2.59. The van der Waals surface area contributed by atoms with Crippen LogP contribution in [0.3, 0.4) is 0 Å². The second kappa shape index (κ2) is 7.19. The lowest BCUT2D eigenvalue weighted by Crippen LogP contribution is -2.39. The van der Waals surface area contributed by atoms with Crippen LogP contribution in [0, 0.1) is 0 Å². The van der Waals surface area contributed by atoms with Crippen LogP contribution in [0.4, 0.5) is 0 Å². The van der Waals surface area contributed by atoms with E-state index in [0.717, 1.165) is 4.57 Å². The lowest BCUT2D eigenvalue weighted by Gasteiger charge is -2.18. The van der Waals surface area contributed by atoms with Gasteiger partial charge < -0.3 is 25.2 Å². The number of alkyl halides is 1. The van der Waals surface area contributed by atoms with Gasteiger partial charge in [0, 0.05) is 22.6 Å². The Morgan fingerprint density at radius 1 is 1.36 bits per heavy atom. The summed E-state index contributed by atoms with van der Waals surface area (Å²) in [5.41, 5.74) is -1.29. The predicted octanol–water partition coefficient (Wildman–Crippen LogP) is -2.51. The highest BCUT2D eigenvalue weighted by atomic mass is 127. The highest BCUT2D eigenvalue weighted by Crippen LogP contribution is 2.28. The van der Waals surface area contributed by atoms with Gasteiger partial charge in [0.15, 0.2) is 6.23 Å². The highest BCUT2D eigenvalue weighted by Gasteiger charge is 2.43. The van der Waals surface area contributed by atoms with Crippen molar-refractivity contribution in [3.8, 4) is 0 Å². The summed E-state index contributed by atoms with van der Waals surface area (Å²) >= 11 is 1.96. The maximum absolute atomic E-state index is 11.9. The van der Waals surface area contributed by atoms with Crippen LogP contribution in [0.15, 0.2) is 15.8 Å². The molecule has 0 aromatic carbocycles. The number of aliphatic hydroxyl groups is 4. The van der Waals surface area contributed by atoms with Crippen molar-refractivity contribution in [2.75, 3.05) is 11.0 Å². The SMILES string of the molecule is O=c1[nH]c(=O)n([C@@H]2OC(CO)C(O)C2O)cc1C[C@@H](O)CI. The third-order valence-electron chi connectivity index (χ3n) is 3.47. The summed E-state index contributed by atoms with van der Waals surface area (Å²) in [6, 6.07) is 0. The molecule has 124 valence electrons. The molecule has 22 heavy (non-hydrogen) atoms. The van der Waals surface area contributed by atoms with E-state index in [4.69, 9.17) is 9.84 Å². The molecule has 1 saturated heterocycles. The molecule has 0 spiro atoms. The van der Waals surface area contributed by atoms with E-state index in [0.29, 0.717) is 4.43 Å². The summed E-state index contributed by atoms with van der Waals surface area (Å²) in [5.74, 6) is 0. The largest absolute Gasteiger partial charge is 0.394 e. The van der Waals surface area contributed by atoms with E-state index in [2.05, 4.69) is 4.98 Å². The van der Waals surface area contributed by atoms with Gasteiger partial charge in [0.25, 0.3) is 5.56 Å². The molecule has 1 fully saturated rings. The first-order valence-corrected chi connectivity index (χ1v) is 8.12. The summed E-state index contributed by atoms with van der Waals surface area (Å²) in [6.45, 7) is -0.521. The molecule has 9 nitrogen and oxygen atoms in total. The van der Waals surface area contributed by atoms with E-state index < -0.39 is 48.5 Å². The number of aliphatic hydroxyl groups excluding tert-OH is 4. The molecule has 1 aliphatic heterocycles. The molecular formula is C12H17IN2O7. The van der Waals surface area contributed by atoms with Gasteiger partial charge in [-0.15, -0.1) is 0 Å². The van der Waals surface area contributed by atoms with Gasteiger partial charge in [-0.1, -0.05) is 22.6 Å². The molecule has 1 aliphatic rings. The minimum absolute atomic E-state index is 0.0351. The fraction of sp³-hybridized carbons (Fsp3) is 0.667. The predicted molar refractivity (Wildman–Crippen MR) is 82.9 cm³/mol. The Balaban J connectivity index is 2.37.